The van der Waals surface area contributed by atoms with Crippen LogP contribution < -0.4 is 23.8 Å². The molecule has 0 bridgehead atoms. The zero-order valence-corrected chi connectivity index (χ0v) is 21.2. The lowest BCUT2D eigenvalue weighted by Gasteiger charge is -2.15. The summed E-state index contributed by atoms with van der Waals surface area (Å²) >= 11 is 0. The third-order valence-corrected chi connectivity index (χ3v) is 5.69. The first-order chi connectivity index (χ1) is 17.5. The van der Waals surface area contributed by atoms with Gasteiger partial charge in [0.25, 0.3) is 0 Å². The molecule has 0 atom stereocenters. The van der Waals surface area contributed by atoms with Crippen molar-refractivity contribution in [1.29, 1.82) is 0 Å². The lowest BCUT2D eigenvalue weighted by Crippen LogP contribution is -2.07. The smallest absolute Gasteiger partial charge is 0.248 e. The van der Waals surface area contributed by atoms with Crippen molar-refractivity contribution < 1.29 is 23.4 Å². The van der Waals surface area contributed by atoms with Crippen LogP contribution in [0, 0.1) is 0 Å². The van der Waals surface area contributed by atoms with E-state index in [1.807, 2.05) is 85.7 Å². The molecule has 0 aliphatic rings. The van der Waals surface area contributed by atoms with E-state index >= 15 is 0 Å². The molecule has 36 heavy (non-hydrogen) atoms. The molecule has 0 aliphatic heterocycles. The topological polar surface area (TPSA) is 79.1 Å². The summed E-state index contributed by atoms with van der Waals surface area (Å²) in [5, 5.41) is 8.69. The zero-order chi connectivity index (χ0) is 25.7. The predicted molar refractivity (Wildman–Crippen MR) is 140 cm³/mol. The maximum absolute atomic E-state index is 6.17. The van der Waals surface area contributed by atoms with Crippen molar-refractivity contribution in [3.05, 3.63) is 77.7 Å². The van der Waals surface area contributed by atoms with Crippen molar-refractivity contribution in [3.63, 3.8) is 0 Å². The first kappa shape index (κ1) is 24.7. The van der Waals surface area contributed by atoms with E-state index in [-0.39, 0.29) is 0 Å². The highest BCUT2D eigenvalue weighted by Gasteiger charge is 2.20. The maximum Gasteiger partial charge on any atom is 0.248 e. The summed E-state index contributed by atoms with van der Waals surface area (Å²) in [5.41, 5.74) is 4.29. The van der Waals surface area contributed by atoms with Gasteiger partial charge in [0.15, 0.2) is 11.5 Å². The summed E-state index contributed by atoms with van der Waals surface area (Å²) in [6.07, 6.45) is 1.96. The van der Waals surface area contributed by atoms with Gasteiger partial charge < -0.3 is 28.3 Å². The number of hydrogen-bond donors (Lipinski definition) is 0. The third kappa shape index (κ3) is 5.12. The van der Waals surface area contributed by atoms with E-state index in [0.717, 1.165) is 28.1 Å². The van der Waals surface area contributed by atoms with Crippen molar-refractivity contribution in [3.8, 4) is 34.5 Å². The van der Waals surface area contributed by atoms with Crippen molar-refractivity contribution >= 4 is 17.3 Å². The van der Waals surface area contributed by atoms with Gasteiger partial charge in [-0.2, -0.15) is 0 Å². The highest BCUT2D eigenvalue weighted by Crippen LogP contribution is 2.41. The van der Waals surface area contributed by atoms with Gasteiger partial charge in [-0.1, -0.05) is 12.1 Å². The Morgan fingerprint density at radius 3 is 1.94 bits per heavy atom. The molecule has 0 unspecified atom stereocenters. The van der Waals surface area contributed by atoms with Gasteiger partial charge in [0.1, 0.15) is 5.75 Å². The summed E-state index contributed by atoms with van der Waals surface area (Å²) in [6, 6.07) is 19.3. The highest BCUT2D eigenvalue weighted by molar-refractivity contribution is 5.90. The molecule has 0 saturated heterocycles. The van der Waals surface area contributed by atoms with Crippen LogP contribution in [0.3, 0.4) is 0 Å². The lowest BCUT2D eigenvalue weighted by atomic mass is 10.0. The standard InChI is InChI=1S/C28H29N3O5/c1-31(2)21-11-9-19(10-12-21)27-29-30-28(36-27)23(15-18-7-13-22(32-3)14-8-18)20-16-24(33-4)26(35-6)25(17-20)34-5/h7-17H,1-6H3/b23-15+. The fourth-order valence-corrected chi connectivity index (χ4v) is 3.72. The van der Waals surface area contributed by atoms with E-state index in [1.165, 1.54) is 0 Å². The molecular formula is C28H29N3O5. The molecule has 1 heterocycles. The summed E-state index contributed by atoms with van der Waals surface area (Å²) in [6.45, 7) is 0. The van der Waals surface area contributed by atoms with Crippen LogP contribution in [0.15, 0.2) is 65.1 Å². The van der Waals surface area contributed by atoms with E-state index in [1.54, 1.807) is 28.4 Å². The van der Waals surface area contributed by atoms with Crippen LogP contribution in [-0.4, -0.2) is 52.7 Å². The van der Waals surface area contributed by atoms with E-state index < -0.39 is 0 Å². The van der Waals surface area contributed by atoms with Crippen molar-refractivity contribution in [2.45, 2.75) is 0 Å². The molecule has 0 N–H and O–H groups in total. The Labute approximate surface area is 210 Å². The zero-order valence-electron chi connectivity index (χ0n) is 21.2. The number of hydrogen-bond acceptors (Lipinski definition) is 8. The van der Waals surface area contributed by atoms with Gasteiger partial charge in [-0.3, -0.25) is 0 Å². The Hall–Kier alpha value is -4.46. The van der Waals surface area contributed by atoms with Crippen LogP contribution in [0.5, 0.6) is 23.0 Å². The Morgan fingerprint density at radius 1 is 0.778 bits per heavy atom. The van der Waals surface area contributed by atoms with Crippen molar-refractivity contribution in [2.75, 3.05) is 47.4 Å². The van der Waals surface area contributed by atoms with Gasteiger partial charge in [0, 0.05) is 30.9 Å². The molecule has 0 fully saturated rings. The van der Waals surface area contributed by atoms with E-state index in [9.17, 15) is 0 Å². The second kappa shape index (κ2) is 10.9. The minimum absolute atomic E-state index is 0.353. The molecule has 0 amide bonds. The maximum atomic E-state index is 6.17. The normalized spacial score (nSPS) is 11.2. The van der Waals surface area contributed by atoms with Crippen LogP contribution >= 0.6 is 0 Å². The first-order valence-electron chi connectivity index (χ1n) is 11.2. The molecular weight excluding hydrogens is 458 g/mol. The number of anilines is 1. The second-order valence-electron chi connectivity index (χ2n) is 8.10. The van der Waals surface area contributed by atoms with Crippen LogP contribution in [0.25, 0.3) is 23.1 Å². The monoisotopic (exact) mass is 487 g/mol. The largest absolute Gasteiger partial charge is 0.497 e. The molecule has 0 spiro atoms. The summed E-state index contributed by atoms with van der Waals surface area (Å²) in [7, 11) is 10.4. The molecule has 1 aromatic heterocycles. The number of benzene rings is 3. The predicted octanol–water partition coefficient (Wildman–Crippen LogP) is 5.43. The van der Waals surface area contributed by atoms with Gasteiger partial charge in [-0.15, -0.1) is 10.2 Å². The van der Waals surface area contributed by atoms with Crippen LogP contribution in [0.1, 0.15) is 17.0 Å². The average Bonchev–Trinajstić information content (AvgIpc) is 3.41. The van der Waals surface area contributed by atoms with Gasteiger partial charge in [-0.05, 0) is 65.7 Å². The van der Waals surface area contributed by atoms with Gasteiger partial charge in [-0.25, -0.2) is 0 Å². The minimum Gasteiger partial charge on any atom is -0.497 e. The third-order valence-electron chi connectivity index (χ3n) is 5.69. The fraction of sp³-hybridized carbons (Fsp3) is 0.214. The molecule has 0 aliphatic carbocycles. The second-order valence-corrected chi connectivity index (χ2v) is 8.10. The van der Waals surface area contributed by atoms with E-state index in [4.69, 9.17) is 23.4 Å². The van der Waals surface area contributed by atoms with Crippen molar-refractivity contribution in [1.82, 2.24) is 10.2 Å². The number of nitrogens with zero attached hydrogens (tertiary/aromatic N) is 3. The van der Waals surface area contributed by atoms with Gasteiger partial charge in [0.2, 0.25) is 17.5 Å². The Kier molecular flexibility index (Phi) is 7.44. The van der Waals surface area contributed by atoms with Crippen LogP contribution in [0.2, 0.25) is 0 Å². The number of ether oxygens (including phenoxy) is 4. The first-order valence-corrected chi connectivity index (χ1v) is 11.2. The summed E-state index contributed by atoms with van der Waals surface area (Å²) in [4.78, 5) is 2.03. The lowest BCUT2D eigenvalue weighted by molar-refractivity contribution is 0.324. The molecule has 4 rings (SSSR count). The summed E-state index contributed by atoms with van der Waals surface area (Å²) in [5.74, 6) is 3.08. The Bertz CT molecular complexity index is 1320. The number of aromatic nitrogens is 2. The fourth-order valence-electron chi connectivity index (χ4n) is 3.72. The molecule has 8 nitrogen and oxygen atoms in total. The number of rotatable bonds is 9. The quantitative estimate of drug-likeness (QED) is 0.289. The average molecular weight is 488 g/mol. The van der Waals surface area contributed by atoms with Crippen LogP contribution in [0.4, 0.5) is 5.69 Å². The summed E-state index contributed by atoms with van der Waals surface area (Å²) < 4.78 is 28.1. The molecule has 8 heteroatoms. The molecule has 4 aromatic rings. The molecule has 3 aromatic carbocycles. The van der Waals surface area contributed by atoms with E-state index in [2.05, 4.69) is 10.2 Å². The van der Waals surface area contributed by atoms with Crippen molar-refractivity contribution in [2.24, 2.45) is 0 Å². The van der Waals surface area contributed by atoms with Crippen LogP contribution in [-0.2, 0) is 0 Å². The van der Waals surface area contributed by atoms with Gasteiger partial charge in [0.05, 0.1) is 28.4 Å². The number of methoxy groups -OCH3 is 4. The van der Waals surface area contributed by atoms with Gasteiger partial charge >= 0.3 is 0 Å². The Balaban J connectivity index is 1.83. The Morgan fingerprint density at radius 2 is 1.42 bits per heavy atom. The highest BCUT2D eigenvalue weighted by atomic mass is 16.5. The van der Waals surface area contributed by atoms with E-state index in [0.29, 0.717) is 34.6 Å². The molecule has 0 radical (unpaired) electrons. The molecule has 186 valence electrons. The molecule has 0 saturated carbocycles. The SMILES string of the molecule is COc1ccc(/C=C(\c2cc(OC)c(OC)c(OC)c2)c2nnc(-c3ccc(N(C)C)cc3)o2)cc1. The minimum atomic E-state index is 0.353.